The molecule has 8 nitrogen and oxygen atoms in total. The van der Waals surface area contributed by atoms with Crippen LogP contribution in [-0.4, -0.2) is 18.4 Å². The maximum Gasteiger partial charge on any atom is 0.262 e. The van der Waals surface area contributed by atoms with E-state index in [9.17, 15) is 13.7 Å². The van der Waals surface area contributed by atoms with Gasteiger partial charge in [-0.3, -0.25) is 4.72 Å². The molecule has 0 atom stereocenters. The second kappa shape index (κ2) is 9.32. The number of sulfonamides is 1. The molecule has 180 valence electrons. The SMILES string of the molecule is Cc1ccc(Nc2ncc(C)c(Nc3ccc(C#N)c4c3CC4)n2)cc1S(=O)(=O)Nc1ccccc1. The van der Waals surface area contributed by atoms with Crippen LogP contribution in [0.25, 0.3) is 0 Å². The monoisotopic (exact) mass is 496 g/mol. The van der Waals surface area contributed by atoms with Gasteiger partial charge in [-0.1, -0.05) is 24.3 Å². The molecule has 0 saturated carbocycles. The van der Waals surface area contributed by atoms with Crippen LogP contribution < -0.4 is 15.4 Å². The lowest BCUT2D eigenvalue weighted by atomic mass is 9.83. The molecule has 36 heavy (non-hydrogen) atoms. The zero-order chi connectivity index (χ0) is 25.3. The van der Waals surface area contributed by atoms with Crippen molar-refractivity contribution in [3.05, 3.63) is 94.7 Å². The Bertz CT molecular complexity index is 1610. The number of aryl methyl sites for hydroxylation is 2. The summed E-state index contributed by atoms with van der Waals surface area (Å²) in [7, 11) is -3.79. The molecule has 0 radical (unpaired) electrons. The van der Waals surface area contributed by atoms with Crippen LogP contribution in [-0.2, 0) is 22.9 Å². The maximum atomic E-state index is 13.0. The number of nitrogens with one attached hydrogen (secondary N) is 3. The van der Waals surface area contributed by atoms with Crippen LogP contribution in [0.3, 0.4) is 0 Å². The number of benzene rings is 3. The molecule has 5 rings (SSSR count). The molecule has 4 aromatic rings. The zero-order valence-electron chi connectivity index (χ0n) is 19.8. The minimum atomic E-state index is -3.79. The van der Waals surface area contributed by atoms with Crippen LogP contribution in [0.2, 0.25) is 0 Å². The fourth-order valence-electron chi connectivity index (χ4n) is 4.13. The van der Waals surface area contributed by atoms with E-state index < -0.39 is 10.0 Å². The van der Waals surface area contributed by atoms with Gasteiger partial charge in [0.2, 0.25) is 5.95 Å². The number of nitrogens with zero attached hydrogens (tertiary/aromatic N) is 3. The highest BCUT2D eigenvalue weighted by molar-refractivity contribution is 7.92. The molecule has 0 aliphatic heterocycles. The first-order valence-corrected chi connectivity index (χ1v) is 12.9. The molecule has 1 heterocycles. The van der Waals surface area contributed by atoms with Crippen LogP contribution in [0.4, 0.5) is 28.8 Å². The molecule has 0 saturated heterocycles. The summed E-state index contributed by atoms with van der Waals surface area (Å²) in [6.45, 7) is 3.66. The zero-order valence-corrected chi connectivity index (χ0v) is 20.6. The summed E-state index contributed by atoms with van der Waals surface area (Å²) in [5.74, 6) is 0.968. The van der Waals surface area contributed by atoms with E-state index in [4.69, 9.17) is 0 Å². The predicted molar refractivity (Wildman–Crippen MR) is 140 cm³/mol. The van der Waals surface area contributed by atoms with Crippen LogP contribution in [0.1, 0.15) is 27.8 Å². The van der Waals surface area contributed by atoms with Crippen LogP contribution in [0.5, 0.6) is 0 Å². The highest BCUT2D eigenvalue weighted by Crippen LogP contribution is 2.35. The fraction of sp³-hybridized carbons (Fsp3) is 0.148. The van der Waals surface area contributed by atoms with E-state index in [2.05, 4.69) is 31.4 Å². The summed E-state index contributed by atoms with van der Waals surface area (Å²) in [5, 5.41) is 15.8. The normalized spacial score (nSPS) is 12.1. The smallest absolute Gasteiger partial charge is 0.262 e. The summed E-state index contributed by atoms with van der Waals surface area (Å²) in [6.07, 6.45) is 3.53. The number of para-hydroxylation sites is 1. The summed E-state index contributed by atoms with van der Waals surface area (Å²) in [4.78, 5) is 9.15. The molecule has 9 heteroatoms. The van der Waals surface area contributed by atoms with E-state index >= 15 is 0 Å². The fourth-order valence-corrected chi connectivity index (χ4v) is 5.46. The van der Waals surface area contributed by atoms with Gasteiger partial charge in [-0.2, -0.15) is 10.2 Å². The molecule has 1 aliphatic rings. The first-order valence-electron chi connectivity index (χ1n) is 11.4. The van der Waals surface area contributed by atoms with Crippen molar-refractivity contribution in [2.75, 3.05) is 15.4 Å². The first kappa shape index (κ1) is 23.3. The Morgan fingerprint density at radius 1 is 0.889 bits per heavy atom. The highest BCUT2D eigenvalue weighted by atomic mass is 32.2. The molecular formula is C27H24N6O2S. The Morgan fingerprint density at radius 2 is 1.67 bits per heavy atom. The van der Waals surface area contributed by atoms with Crippen molar-refractivity contribution in [2.45, 2.75) is 31.6 Å². The van der Waals surface area contributed by atoms with Gasteiger partial charge in [0, 0.05) is 28.8 Å². The van der Waals surface area contributed by atoms with E-state index in [1.807, 2.05) is 25.1 Å². The third kappa shape index (κ3) is 4.59. The van der Waals surface area contributed by atoms with E-state index in [0.29, 0.717) is 28.7 Å². The van der Waals surface area contributed by atoms with Crippen LogP contribution in [0.15, 0.2) is 71.8 Å². The third-order valence-corrected chi connectivity index (χ3v) is 7.68. The number of rotatable bonds is 7. The van der Waals surface area contributed by atoms with Crippen molar-refractivity contribution in [2.24, 2.45) is 0 Å². The summed E-state index contributed by atoms with van der Waals surface area (Å²) >= 11 is 0. The number of hydrogen-bond donors (Lipinski definition) is 3. The second-order valence-corrected chi connectivity index (χ2v) is 10.3. The molecule has 1 aromatic heterocycles. The first-order chi connectivity index (χ1) is 17.3. The molecule has 3 aromatic carbocycles. The highest BCUT2D eigenvalue weighted by Gasteiger charge is 2.22. The Balaban J connectivity index is 1.40. The van der Waals surface area contributed by atoms with Gasteiger partial charge in [0.15, 0.2) is 0 Å². The van der Waals surface area contributed by atoms with E-state index in [0.717, 1.165) is 40.8 Å². The molecule has 1 aliphatic carbocycles. The van der Waals surface area contributed by atoms with Crippen molar-refractivity contribution < 1.29 is 8.42 Å². The third-order valence-electron chi connectivity index (χ3n) is 6.16. The van der Waals surface area contributed by atoms with E-state index in [1.54, 1.807) is 55.6 Å². The van der Waals surface area contributed by atoms with Gasteiger partial charge in [-0.25, -0.2) is 13.4 Å². The topological polar surface area (TPSA) is 120 Å². The Labute approximate surface area is 210 Å². The number of anilines is 5. The number of aromatic nitrogens is 2. The quantitative estimate of drug-likeness (QED) is 0.315. The van der Waals surface area contributed by atoms with Crippen LogP contribution in [0, 0.1) is 25.2 Å². The minimum Gasteiger partial charge on any atom is -0.340 e. The van der Waals surface area contributed by atoms with Crippen LogP contribution >= 0.6 is 0 Å². The van der Waals surface area contributed by atoms with Crippen molar-refractivity contribution >= 4 is 38.9 Å². The van der Waals surface area contributed by atoms with Gasteiger partial charge < -0.3 is 10.6 Å². The molecule has 0 fully saturated rings. The largest absolute Gasteiger partial charge is 0.340 e. The number of hydrogen-bond acceptors (Lipinski definition) is 7. The second-order valence-electron chi connectivity index (χ2n) is 8.66. The lowest BCUT2D eigenvalue weighted by molar-refractivity contribution is 0.600. The standard InChI is InChI=1S/C27H24N6O2S/c1-17-8-10-21(14-25(17)36(34,35)33-20-6-4-3-5-7-20)30-27-29-16-18(2)26(32-27)31-24-13-9-19(15-28)22-11-12-23(22)24/h3-10,13-14,16,33H,11-12H2,1-2H3,(H2,29,30,31,32). The lowest BCUT2D eigenvalue weighted by Gasteiger charge is -2.24. The molecule has 3 N–H and O–H groups in total. The summed E-state index contributed by atoms with van der Waals surface area (Å²) < 4.78 is 28.7. The predicted octanol–water partition coefficient (Wildman–Crippen LogP) is 5.35. The van der Waals surface area contributed by atoms with Gasteiger partial charge in [-0.15, -0.1) is 0 Å². The Kier molecular flexibility index (Phi) is 6.04. The van der Waals surface area contributed by atoms with Crippen molar-refractivity contribution in [3.63, 3.8) is 0 Å². The van der Waals surface area contributed by atoms with Crippen molar-refractivity contribution in [3.8, 4) is 6.07 Å². The van der Waals surface area contributed by atoms with Gasteiger partial charge >= 0.3 is 0 Å². The molecule has 0 unspecified atom stereocenters. The van der Waals surface area contributed by atoms with E-state index in [1.165, 1.54) is 0 Å². The lowest BCUT2D eigenvalue weighted by Crippen LogP contribution is -2.15. The van der Waals surface area contributed by atoms with Crippen molar-refractivity contribution in [1.82, 2.24) is 9.97 Å². The van der Waals surface area contributed by atoms with Gasteiger partial charge in [0.1, 0.15) is 5.82 Å². The molecular weight excluding hydrogens is 472 g/mol. The summed E-state index contributed by atoms with van der Waals surface area (Å²) in [5.41, 5.74) is 6.39. The minimum absolute atomic E-state index is 0.165. The average Bonchev–Trinajstić information content (AvgIpc) is 2.83. The number of fused-ring (bicyclic) bond motifs is 1. The molecule has 0 amide bonds. The maximum absolute atomic E-state index is 13.0. The molecule has 0 spiro atoms. The summed E-state index contributed by atoms with van der Waals surface area (Å²) in [6, 6.07) is 19.8. The number of nitriles is 1. The Hall–Kier alpha value is -4.42. The van der Waals surface area contributed by atoms with Gasteiger partial charge in [-0.05, 0) is 79.8 Å². The van der Waals surface area contributed by atoms with Gasteiger partial charge in [0.25, 0.3) is 10.0 Å². The van der Waals surface area contributed by atoms with E-state index in [-0.39, 0.29) is 4.90 Å². The molecule has 0 bridgehead atoms. The Morgan fingerprint density at radius 3 is 2.39 bits per heavy atom. The van der Waals surface area contributed by atoms with Gasteiger partial charge in [0.05, 0.1) is 16.5 Å². The average molecular weight is 497 g/mol. The van der Waals surface area contributed by atoms with Crippen molar-refractivity contribution in [1.29, 1.82) is 5.26 Å².